The number of aliphatic hydroxyl groups is 1. The van der Waals surface area contributed by atoms with Gasteiger partial charge in [0.25, 0.3) is 14.2 Å². The summed E-state index contributed by atoms with van der Waals surface area (Å²) in [6.45, 7) is 15.7. The summed E-state index contributed by atoms with van der Waals surface area (Å²) in [6, 6.07) is 28.3. The number of ether oxygens (including phenoxy) is 1. The van der Waals surface area contributed by atoms with Crippen molar-refractivity contribution >= 4 is 57.5 Å². The molecule has 5 aromatic rings. The molecule has 2 aromatic heterocycles. The maximum Gasteiger partial charge on any atom is 0.362 e. The van der Waals surface area contributed by atoms with Crippen molar-refractivity contribution in [3.8, 4) is 0 Å². The first kappa shape index (κ1) is 40.8. The molecule has 1 aliphatic rings. The monoisotopic (exact) mass is 803 g/mol. The Morgan fingerprint density at radius 3 is 1.93 bits per heavy atom. The SMILES string of the molecule is CC(C)(C)[Si](C)(C)O[C@H]1[C@H](n2cnc3c(NC(=O)c4ccccc4)ncnc32)O[C@H](CO[Si](c2ccccc2)(c2ccccc2)C(C)(C)C)[C@]1(O)P(=O)(O)O. The standard InChI is InChI=1S/C39H50N5O8PSi2/c1-37(2,3)54(7,8)52-32-36(44-26-42-31-33(40-25-41-34(31)44)43-35(45)27-18-12-9-13-19-27)51-30(39(32,46)53(47,48)49)24-50-55(38(4,5)6,28-20-14-10-15-21-28)29-22-16-11-17-23-29/h9-23,25-26,30,32,36,46H,24H2,1-8H3,(H2,47,48,49)(H,40,41,43,45)/t30-,32+,36-,39+/m1/s1. The van der Waals surface area contributed by atoms with Gasteiger partial charge in [-0.3, -0.25) is 13.9 Å². The van der Waals surface area contributed by atoms with E-state index in [0.29, 0.717) is 5.56 Å². The predicted molar refractivity (Wildman–Crippen MR) is 216 cm³/mol. The molecule has 1 fully saturated rings. The van der Waals surface area contributed by atoms with Gasteiger partial charge in [-0.25, -0.2) is 15.0 Å². The number of hydrogen-bond donors (Lipinski definition) is 4. The van der Waals surface area contributed by atoms with Crippen LogP contribution in [-0.4, -0.2) is 81.1 Å². The largest absolute Gasteiger partial charge is 0.406 e. The van der Waals surface area contributed by atoms with Crippen molar-refractivity contribution in [3.05, 3.63) is 109 Å². The molecule has 4 N–H and O–H groups in total. The molecule has 55 heavy (non-hydrogen) atoms. The first-order valence-corrected chi connectivity index (χ1v) is 24.6. The second-order valence-electron chi connectivity index (χ2n) is 16.5. The molecule has 0 saturated carbocycles. The van der Waals surface area contributed by atoms with E-state index in [1.165, 1.54) is 17.2 Å². The third kappa shape index (κ3) is 7.41. The van der Waals surface area contributed by atoms with E-state index in [1.807, 2.05) is 94.5 Å². The number of nitrogens with one attached hydrogen (secondary N) is 1. The number of amides is 1. The second kappa shape index (κ2) is 14.9. The summed E-state index contributed by atoms with van der Waals surface area (Å²) < 4.78 is 35.8. The van der Waals surface area contributed by atoms with Gasteiger partial charge in [-0.2, -0.15) is 0 Å². The smallest absolute Gasteiger partial charge is 0.362 e. The van der Waals surface area contributed by atoms with Crippen molar-refractivity contribution in [2.45, 2.75) is 88.5 Å². The minimum atomic E-state index is -5.46. The van der Waals surface area contributed by atoms with Crippen molar-refractivity contribution in [3.63, 3.8) is 0 Å². The van der Waals surface area contributed by atoms with Gasteiger partial charge in [0.15, 0.2) is 31.5 Å². The molecule has 292 valence electrons. The molecule has 16 heteroatoms. The lowest BCUT2D eigenvalue weighted by Gasteiger charge is -2.45. The number of hydrogen-bond acceptors (Lipinski definition) is 9. The van der Waals surface area contributed by atoms with Crippen molar-refractivity contribution in [1.82, 2.24) is 19.5 Å². The summed E-state index contributed by atoms with van der Waals surface area (Å²) in [4.78, 5) is 48.7. The maximum atomic E-state index is 13.8. The number of rotatable bonds is 11. The molecule has 3 heterocycles. The minimum Gasteiger partial charge on any atom is -0.406 e. The van der Waals surface area contributed by atoms with Crippen LogP contribution in [0.1, 0.15) is 58.1 Å². The molecule has 1 saturated heterocycles. The van der Waals surface area contributed by atoms with E-state index in [-0.39, 0.29) is 23.6 Å². The quantitative estimate of drug-likeness (QED) is 0.0936. The highest BCUT2D eigenvalue weighted by atomic mass is 31.2. The van der Waals surface area contributed by atoms with Crippen LogP contribution < -0.4 is 15.7 Å². The highest BCUT2D eigenvalue weighted by Gasteiger charge is 2.69. The van der Waals surface area contributed by atoms with Crippen molar-refractivity contribution in [2.75, 3.05) is 11.9 Å². The van der Waals surface area contributed by atoms with Gasteiger partial charge in [0, 0.05) is 5.56 Å². The first-order chi connectivity index (χ1) is 25.7. The lowest BCUT2D eigenvalue weighted by Crippen LogP contribution is -2.67. The van der Waals surface area contributed by atoms with Gasteiger partial charge < -0.3 is 33.8 Å². The summed E-state index contributed by atoms with van der Waals surface area (Å²) >= 11 is 0. The normalized spacial score (nSPS) is 21.2. The minimum absolute atomic E-state index is 0.120. The van der Waals surface area contributed by atoms with E-state index in [9.17, 15) is 24.3 Å². The number of benzene rings is 3. The van der Waals surface area contributed by atoms with E-state index in [1.54, 1.807) is 30.3 Å². The first-order valence-electron chi connectivity index (χ1n) is 18.1. The zero-order chi connectivity index (χ0) is 40.0. The van der Waals surface area contributed by atoms with E-state index in [2.05, 4.69) is 41.0 Å². The molecule has 3 aromatic carbocycles. The van der Waals surface area contributed by atoms with Gasteiger partial charge in [-0.1, -0.05) is 120 Å². The topological polar surface area (TPSA) is 178 Å². The Balaban J connectivity index is 1.48. The van der Waals surface area contributed by atoms with Crippen LogP contribution in [0.25, 0.3) is 11.2 Å². The molecule has 1 aliphatic heterocycles. The molecule has 13 nitrogen and oxygen atoms in total. The second-order valence-corrected chi connectivity index (χ2v) is 27.3. The van der Waals surface area contributed by atoms with Crippen LogP contribution in [0.5, 0.6) is 0 Å². The summed E-state index contributed by atoms with van der Waals surface area (Å²) in [5.41, 5.74) is 0.799. The fraction of sp³-hybridized carbons (Fsp3) is 0.385. The van der Waals surface area contributed by atoms with Crippen LogP contribution in [-0.2, 0) is 18.2 Å². The highest BCUT2D eigenvalue weighted by molar-refractivity contribution is 7.53. The van der Waals surface area contributed by atoms with Gasteiger partial charge in [0.1, 0.15) is 18.5 Å². The zero-order valence-corrected chi connectivity index (χ0v) is 35.3. The van der Waals surface area contributed by atoms with E-state index < -0.39 is 64.0 Å². The average molecular weight is 804 g/mol. The lowest BCUT2D eigenvalue weighted by atomic mass is 10.1. The Morgan fingerprint density at radius 1 is 0.873 bits per heavy atom. The number of aromatic nitrogens is 4. The molecular formula is C39H50N5O8PSi2. The third-order valence-electron chi connectivity index (χ3n) is 10.9. The van der Waals surface area contributed by atoms with E-state index in [4.69, 9.17) is 13.6 Å². The molecule has 0 unspecified atom stereocenters. The van der Waals surface area contributed by atoms with Crippen LogP contribution in [0.15, 0.2) is 104 Å². The number of imidazole rings is 1. The van der Waals surface area contributed by atoms with Gasteiger partial charge >= 0.3 is 7.60 Å². The number of fused-ring (bicyclic) bond motifs is 1. The maximum absolute atomic E-state index is 13.8. The lowest BCUT2D eigenvalue weighted by molar-refractivity contribution is -0.0562. The van der Waals surface area contributed by atoms with Gasteiger partial charge in [0.05, 0.1) is 12.9 Å². The Hall–Kier alpha value is -3.90. The van der Waals surface area contributed by atoms with Gasteiger partial charge in [-0.05, 0) is 45.7 Å². The van der Waals surface area contributed by atoms with Crippen LogP contribution in [0.4, 0.5) is 5.82 Å². The number of carbonyl (C=O) groups is 1. The number of anilines is 1. The molecule has 4 atom stereocenters. The van der Waals surface area contributed by atoms with E-state index >= 15 is 0 Å². The molecule has 0 bridgehead atoms. The molecule has 1 amide bonds. The summed E-state index contributed by atoms with van der Waals surface area (Å²) in [5, 5.41) is 13.6. The predicted octanol–water partition coefficient (Wildman–Crippen LogP) is 5.81. The number of nitrogens with zero attached hydrogens (tertiary/aromatic N) is 4. The van der Waals surface area contributed by atoms with Crippen LogP contribution >= 0.6 is 7.60 Å². The van der Waals surface area contributed by atoms with Crippen LogP contribution in [0.2, 0.25) is 23.2 Å². The summed E-state index contributed by atoms with van der Waals surface area (Å²) in [5.74, 6) is -0.294. The Labute approximate surface area is 323 Å². The molecular weight excluding hydrogens is 754 g/mol. The fourth-order valence-corrected chi connectivity index (χ4v) is 13.9. The third-order valence-corrected chi connectivity index (χ3v) is 21.9. The van der Waals surface area contributed by atoms with Crippen LogP contribution in [0.3, 0.4) is 0 Å². The number of carbonyl (C=O) groups excluding carboxylic acids is 1. The van der Waals surface area contributed by atoms with Crippen molar-refractivity contribution in [1.29, 1.82) is 0 Å². The highest BCUT2D eigenvalue weighted by Crippen LogP contribution is 2.61. The van der Waals surface area contributed by atoms with E-state index in [0.717, 1.165) is 10.4 Å². The van der Waals surface area contributed by atoms with Crippen LogP contribution in [0, 0.1) is 0 Å². The van der Waals surface area contributed by atoms with Gasteiger partial charge in [-0.15, -0.1) is 0 Å². The Kier molecular flexibility index (Phi) is 11.0. The summed E-state index contributed by atoms with van der Waals surface area (Å²) in [6.07, 6.45) is -1.88. The Morgan fingerprint density at radius 2 is 1.42 bits per heavy atom. The average Bonchev–Trinajstić information content (AvgIpc) is 3.68. The molecule has 6 rings (SSSR count). The fourth-order valence-electron chi connectivity index (χ4n) is 6.96. The van der Waals surface area contributed by atoms with Crippen molar-refractivity contribution < 1.29 is 37.8 Å². The molecule has 0 aliphatic carbocycles. The summed E-state index contributed by atoms with van der Waals surface area (Å²) in [7, 11) is -11.6. The zero-order valence-electron chi connectivity index (χ0n) is 32.4. The molecule has 0 radical (unpaired) electrons. The van der Waals surface area contributed by atoms with Crippen molar-refractivity contribution in [2.24, 2.45) is 0 Å². The van der Waals surface area contributed by atoms with Gasteiger partial charge in [0.2, 0.25) is 5.34 Å². The molecule has 0 spiro atoms. The Bertz CT molecular complexity index is 2140.